The highest BCUT2D eigenvalue weighted by atomic mass is 79.9. The molecule has 0 bridgehead atoms. The van der Waals surface area contributed by atoms with Crippen LogP contribution in [0, 0.1) is 11.6 Å². The lowest BCUT2D eigenvalue weighted by Gasteiger charge is -2.07. The zero-order valence-electron chi connectivity index (χ0n) is 8.41. The van der Waals surface area contributed by atoms with Crippen molar-refractivity contribution in [2.24, 2.45) is 0 Å². The van der Waals surface area contributed by atoms with Crippen LogP contribution in [0.25, 0.3) is 0 Å². The Morgan fingerprint density at radius 3 is 2.59 bits per heavy atom. The summed E-state index contributed by atoms with van der Waals surface area (Å²) in [5.41, 5.74) is 0. The summed E-state index contributed by atoms with van der Waals surface area (Å²) in [4.78, 5) is 0. The van der Waals surface area contributed by atoms with Crippen molar-refractivity contribution in [1.29, 1.82) is 0 Å². The summed E-state index contributed by atoms with van der Waals surface area (Å²) >= 11 is 3.14. The van der Waals surface area contributed by atoms with Crippen LogP contribution < -0.4 is 4.74 Å². The SMILES string of the molecule is [O]c1cccc(Oc2cc(Br)ccc2F)c1F. The van der Waals surface area contributed by atoms with Gasteiger partial charge in [-0.2, -0.15) is 4.39 Å². The third-order valence-electron chi connectivity index (χ3n) is 2.04. The molecular weight excluding hydrogens is 294 g/mol. The minimum atomic E-state index is -1.04. The quantitative estimate of drug-likeness (QED) is 0.792. The van der Waals surface area contributed by atoms with Crippen molar-refractivity contribution in [3.8, 4) is 17.2 Å². The standard InChI is InChI=1S/C12H6BrF2O2/c13-7-4-5-8(14)11(6-7)17-10-3-1-2-9(16)12(10)15/h1-6H. The van der Waals surface area contributed by atoms with Gasteiger partial charge in [0.15, 0.2) is 17.3 Å². The number of rotatable bonds is 2. The molecule has 0 saturated heterocycles. The van der Waals surface area contributed by atoms with Crippen LogP contribution in [-0.2, 0) is 5.11 Å². The number of hydrogen-bond acceptors (Lipinski definition) is 1. The zero-order chi connectivity index (χ0) is 12.4. The minimum absolute atomic E-state index is 0.149. The summed E-state index contributed by atoms with van der Waals surface area (Å²) < 4.78 is 32.3. The minimum Gasteiger partial charge on any atom is -0.451 e. The first-order valence-electron chi connectivity index (χ1n) is 4.66. The lowest BCUT2D eigenvalue weighted by atomic mass is 10.3. The topological polar surface area (TPSA) is 29.1 Å². The van der Waals surface area contributed by atoms with Crippen molar-refractivity contribution in [1.82, 2.24) is 0 Å². The molecule has 0 N–H and O–H groups in total. The van der Waals surface area contributed by atoms with Crippen LogP contribution in [0.5, 0.6) is 17.2 Å². The van der Waals surface area contributed by atoms with Crippen LogP contribution in [0.4, 0.5) is 8.78 Å². The monoisotopic (exact) mass is 299 g/mol. The third-order valence-corrected chi connectivity index (χ3v) is 2.53. The van der Waals surface area contributed by atoms with Gasteiger partial charge in [0.2, 0.25) is 11.6 Å². The first-order chi connectivity index (χ1) is 8.08. The second-order valence-electron chi connectivity index (χ2n) is 3.25. The number of halogens is 3. The molecule has 0 aliphatic rings. The fraction of sp³-hybridized carbons (Fsp3) is 0. The predicted molar refractivity (Wildman–Crippen MR) is 60.7 cm³/mol. The van der Waals surface area contributed by atoms with Gasteiger partial charge in [-0.05, 0) is 30.3 Å². The van der Waals surface area contributed by atoms with Gasteiger partial charge >= 0.3 is 0 Å². The van der Waals surface area contributed by atoms with E-state index < -0.39 is 17.4 Å². The molecule has 0 heterocycles. The molecule has 2 aromatic rings. The van der Waals surface area contributed by atoms with E-state index in [1.54, 1.807) is 0 Å². The van der Waals surface area contributed by atoms with Gasteiger partial charge in [0.1, 0.15) is 0 Å². The van der Waals surface area contributed by atoms with Crippen molar-refractivity contribution in [2.75, 3.05) is 0 Å². The predicted octanol–water partition coefficient (Wildman–Crippen LogP) is 4.66. The lowest BCUT2D eigenvalue weighted by molar-refractivity contribution is 0.318. The Labute approximate surface area is 105 Å². The van der Waals surface area contributed by atoms with Gasteiger partial charge in [-0.15, -0.1) is 0 Å². The Morgan fingerprint density at radius 2 is 1.82 bits per heavy atom. The van der Waals surface area contributed by atoms with Crippen molar-refractivity contribution >= 4 is 15.9 Å². The maximum Gasteiger partial charge on any atom is 0.218 e. The second-order valence-corrected chi connectivity index (χ2v) is 4.16. The smallest absolute Gasteiger partial charge is 0.218 e. The molecule has 2 aromatic carbocycles. The van der Waals surface area contributed by atoms with Gasteiger partial charge in [0.25, 0.3) is 0 Å². The first kappa shape index (κ1) is 11.9. The average Bonchev–Trinajstić information content (AvgIpc) is 2.30. The summed E-state index contributed by atoms with van der Waals surface area (Å²) in [7, 11) is 0. The number of hydrogen-bond donors (Lipinski definition) is 0. The van der Waals surface area contributed by atoms with E-state index in [0.717, 1.165) is 6.07 Å². The molecule has 0 unspecified atom stereocenters. The summed E-state index contributed by atoms with van der Waals surface area (Å²) in [6.45, 7) is 0. The summed E-state index contributed by atoms with van der Waals surface area (Å²) in [6, 6.07) is 7.69. The summed E-state index contributed by atoms with van der Waals surface area (Å²) in [6.07, 6.45) is 0. The molecule has 0 aromatic heterocycles. The zero-order valence-corrected chi connectivity index (χ0v) is 10.0. The molecule has 0 aliphatic carbocycles. The molecule has 2 rings (SSSR count). The fourth-order valence-electron chi connectivity index (χ4n) is 1.24. The number of benzene rings is 2. The van der Waals surface area contributed by atoms with Crippen LogP contribution in [0.1, 0.15) is 0 Å². The Balaban J connectivity index is 2.38. The van der Waals surface area contributed by atoms with E-state index in [0.29, 0.717) is 4.47 Å². The van der Waals surface area contributed by atoms with E-state index in [1.165, 1.54) is 30.3 Å². The van der Waals surface area contributed by atoms with Gasteiger partial charge in [-0.1, -0.05) is 22.0 Å². The molecule has 0 aliphatic heterocycles. The summed E-state index contributed by atoms with van der Waals surface area (Å²) in [5, 5.41) is 11.0. The number of ether oxygens (including phenoxy) is 1. The molecular formula is C12H6BrF2O2. The van der Waals surface area contributed by atoms with Crippen LogP contribution in [0.3, 0.4) is 0 Å². The highest BCUT2D eigenvalue weighted by Gasteiger charge is 2.12. The normalized spacial score (nSPS) is 10.3. The van der Waals surface area contributed by atoms with Crippen molar-refractivity contribution in [3.05, 3.63) is 52.5 Å². The summed E-state index contributed by atoms with van der Waals surface area (Å²) in [5.74, 6) is -2.91. The maximum atomic E-state index is 13.3. The van der Waals surface area contributed by atoms with Gasteiger partial charge in [0.05, 0.1) is 0 Å². The molecule has 5 heteroatoms. The average molecular weight is 300 g/mol. The van der Waals surface area contributed by atoms with E-state index in [9.17, 15) is 13.9 Å². The molecule has 0 saturated carbocycles. The third kappa shape index (κ3) is 2.55. The molecule has 87 valence electrons. The van der Waals surface area contributed by atoms with Crippen LogP contribution in [-0.4, -0.2) is 0 Å². The Hall–Kier alpha value is -1.62. The van der Waals surface area contributed by atoms with Gasteiger partial charge < -0.3 is 4.74 Å². The molecule has 1 radical (unpaired) electrons. The highest BCUT2D eigenvalue weighted by Crippen LogP contribution is 2.32. The first-order valence-corrected chi connectivity index (χ1v) is 5.45. The molecule has 0 fully saturated rings. The Morgan fingerprint density at radius 1 is 1.06 bits per heavy atom. The Kier molecular flexibility index (Phi) is 3.28. The van der Waals surface area contributed by atoms with Crippen LogP contribution >= 0.6 is 15.9 Å². The van der Waals surface area contributed by atoms with E-state index in [4.69, 9.17) is 4.74 Å². The van der Waals surface area contributed by atoms with Crippen LogP contribution in [0.15, 0.2) is 40.9 Å². The van der Waals surface area contributed by atoms with Crippen molar-refractivity contribution in [3.63, 3.8) is 0 Å². The van der Waals surface area contributed by atoms with Crippen molar-refractivity contribution in [2.45, 2.75) is 0 Å². The van der Waals surface area contributed by atoms with Crippen LogP contribution in [0.2, 0.25) is 0 Å². The van der Waals surface area contributed by atoms with E-state index >= 15 is 0 Å². The second kappa shape index (κ2) is 4.71. The largest absolute Gasteiger partial charge is 0.451 e. The van der Waals surface area contributed by atoms with E-state index in [2.05, 4.69) is 15.9 Å². The highest BCUT2D eigenvalue weighted by molar-refractivity contribution is 9.10. The van der Waals surface area contributed by atoms with Gasteiger partial charge in [-0.3, -0.25) is 5.11 Å². The molecule has 17 heavy (non-hydrogen) atoms. The lowest BCUT2D eigenvalue weighted by Crippen LogP contribution is -1.91. The fourth-order valence-corrected chi connectivity index (χ4v) is 1.58. The maximum absolute atomic E-state index is 13.3. The van der Waals surface area contributed by atoms with E-state index in [1.807, 2.05) is 0 Å². The molecule has 0 spiro atoms. The van der Waals surface area contributed by atoms with E-state index in [-0.39, 0.29) is 11.5 Å². The molecule has 0 amide bonds. The molecule has 0 atom stereocenters. The Bertz CT molecular complexity index is 558. The van der Waals surface area contributed by atoms with Gasteiger partial charge in [0, 0.05) is 4.47 Å². The van der Waals surface area contributed by atoms with Crippen molar-refractivity contribution < 1.29 is 18.6 Å². The van der Waals surface area contributed by atoms with Gasteiger partial charge in [-0.25, -0.2) is 4.39 Å². The molecule has 2 nitrogen and oxygen atoms in total.